The number of nitrogens with two attached hydrogens (primary N) is 1. The first-order valence-electron chi connectivity index (χ1n) is 22.4. The van der Waals surface area contributed by atoms with E-state index >= 15 is 0 Å². The highest BCUT2D eigenvalue weighted by molar-refractivity contribution is 6.13. The number of nitrogens with zero attached hydrogens (tertiary/aromatic N) is 3. The van der Waals surface area contributed by atoms with Crippen molar-refractivity contribution in [1.82, 2.24) is 15.0 Å². The molecular weight excluding hydrogens is 789 g/mol. The van der Waals surface area contributed by atoms with E-state index in [0.29, 0.717) is 6.42 Å². The van der Waals surface area contributed by atoms with Gasteiger partial charge in [0.25, 0.3) is 0 Å². The highest BCUT2D eigenvalue weighted by atomic mass is 14.7. The molecule has 0 atom stereocenters. The molecular formula is C61H46N4. The number of fused-ring (bicyclic) bond motifs is 9. The average molecular weight is 835 g/mol. The van der Waals surface area contributed by atoms with Crippen LogP contribution in [0.4, 0.5) is 5.69 Å². The Bertz CT molecular complexity index is 3540. The van der Waals surface area contributed by atoms with Crippen LogP contribution in [0, 0.1) is 0 Å². The summed E-state index contributed by atoms with van der Waals surface area (Å²) < 4.78 is 0. The van der Waals surface area contributed by atoms with Gasteiger partial charge in [-0.3, -0.25) is 9.97 Å². The topological polar surface area (TPSA) is 64.7 Å². The van der Waals surface area contributed by atoms with Crippen molar-refractivity contribution >= 4 is 60.8 Å². The van der Waals surface area contributed by atoms with E-state index in [9.17, 15) is 0 Å². The minimum atomic E-state index is -0.500. The average Bonchev–Trinajstić information content (AvgIpc) is 3.65. The standard InChI is InChI=1S/C61H46N4/c1-3-5-27-48-45(50-37-42-22-17-35-63-59(42)60-49(50)30-18-36-64-60)34-33-40(57(48)62)20-16-21-41(19-4-2)58-53-38-52-46-28-12-14-31-54(46)61(43-23-8-6-9-24-43,44-25-10-7-11-26-44)55(52)39-51(53)47-29-13-15-32-56(47)65-58/h3,5-19,21-39H,1,4,20,62H2,2H3/b21-16-,27-5-,41-19+. The molecule has 3 heterocycles. The monoisotopic (exact) mass is 834 g/mol. The molecule has 0 radical (unpaired) electrons. The number of benzene rings is 7. The maximum Gasteiger partial charge on any atom is 0.0970 e. The first-order valence-corrected chi connectivity index (χ1v) is 22.4. The van der Waals surface area contributed by atoms with E-state index in [-0.39, 0.29) is 0 Å². The van der Waals surface area contributed by atoms with Crippen molar-refractivity contribution in [2.75, 3.05) is 5.73 Å². The molecule has 310 valence electrons. The Labute approximate surface area is 379 Å². The molecule has 0 spiro atoms. The van der Waals surface area contributed by atoms with Crippen LogP contribution in [0.3, 0.4) is 0 Å². The van der Waals surface area contributed by atoms with Crippen molar-refractivity contribution in [3.05, 3.63) is 252 Å². The Morgan fingerprint density at radius 3 is 2.11 bits per heavy atom. The minimum Gasteiger partial charge on any atom is -0.398 e. The molecule has 1 aliphatic carbocycles. The first kappa shape index (κ1) is 39.6. The van der Waals surface area contributed by atoms with E-state index < -0.39 is 5.41 Å². The van der Waals surface area contributed by atoms with Gasteiger partial charge in [-0.05, 0) is 110 Å². The Morgan fingerprint density at radius 1 is 0.615 bits per heavy atom. The maximum atomic E-state index is 7.16. The fourth-order valence-corrected chi connectivity index (χ4v) is 10.3. The van der Waals surface area contributed by atoms with Crippen molar-refractivity contribution < 1.29 is 0 Å². The Kier molecular flexibility index (Phi) is 10.1. The highest BCUT2D eigenvalue weighted by Crippen LogP contribution is 2.57. The number of anilines is 1. The molecule has 1 aliphatic rings. The summed E-state index contributed by atoms with van der Waals surface area (Å²) >= 11 is 0. The fraction of sp³-hybridized carbons (Fsp3) is 0.0656. The van der Waals surface area contributed by atoms with Crippen LogP contribution in [-0.2, 0) is 11.8 Å². The molecule has 0 saturated carbocycles. The lowest BCUT2D eigenvalue weighted by Gasteiger charge is -2.34. The quantitative estimate of drug-likeness (QED) is 0.0847. The minimum absolute atomic E-state index is 0.500. The zero-order valence-electron chi connectivity index (χ0n) is 36.2. The molecule has 3 aromatic heterocycles. The van der Waals surface area contributed by atoms with Crippen LogP contribution < -0.4 is 5.73 Å². The lowest BCUT2D eigenvalue weighted by atomic mass is 9.67. The maximum absolute atomic E-state index is 7.16. The summed E-state index contributed by atoms with van der Waals surface area (Å²) in [5.41, 5.74) is 23.8. The Balaban J connectivity index is 1.05. The summed E-state index contributed by atoms with van der Waals surface area (Å²) in [7, 11) is 0. The molecule has 0 aliphatic heterocycles. The van der Waals surface area contributed by atoms with Crippen molar-refractivity contribution in [3.8, 4) is 22.3 Å². The van der Waals surface area contributed by atoms with Crippen LogP contribution in [0.2, 0.25) is 0 Å². The smallest absolute Gasteiger partial charge is 0.0970 e. The van der Waals surface area contributed by atoms with E-state index in [1.54, 1.807) is 6.08 Å². The molecule has 4 nitrogen and oxygen atoms in total. The van der Waals surface area contributed by atoms with Crippen LogP contribution in [0.15, 0.2) is 213 Å². The Hall–Kier alpha value is -8.21. The van der Waals surface area contributed by atoms with Crippen LogP contribution in [0.5, 0.6) is 0 Å². The van der Waals surface area contributed by atoms with Crippen molar-refractivity contribution in [3.63, 3.8) is 0 Å². The second-order valence-corrected chi connectivity index (χ2v) is 16.7. The third kappa shape index (κ3) is 6.48. The highest BCUT2D eigenvalue weighted by Gasteiger charge is 2.46. The van der Waals surface area contributed by atoms with Gasteiger partial charge < -0.3 is 5.73 Å². The zero-order valence-corrected chi connectivity index (χ0v) is 36.2. The van der Waals surface area contributed by atoms with Crippen molar-refractivity contribution in [2.24, 2.45) is 0 Å². The molecule has 0 amide bonds. The number of nitrogen functional groups attached to an aromatic ring is 1. The number of para-hydroxylation sites is 1. The van der Waals surface area contributed by atoms with E-state index in [4.69, 9.17) is 15.7 Å². The van der Waals surface area contributed by atoms with Gasteiger partial charge in [-0.15, -0.1) is 0 Å². The number of allylic oxidation sites excluding steroid dienone is 6. The molecule has 11 rings (SSSR count). The molecule has 0 saturated heterocycles. The summed E-state index contributed by atoms with van der Waals surface area (Å²) in [5.74, 6) is 0. The molecule has 65 heavy (non-hydrogen) atoms. The van der Waals surface area contributed by atoms with Gasteiger partial charge in [0.2, 0.25) is 0 Å². The van der Waals surface area contributed by atoms with E-state index in [2.05, 4.69) is 194 Å². The zero-order chi connectivity index (χ0) is 43.9. The number of pyridine rings is 3. The predicted molar refractivity (Wildman–Crippen MR) is 274 cm³/mol. The third-order valence-electron chi connectivity index (χ3n) is 13.1. The predicted octanol–water partition coefficient (Wildman–Crippen LogP) is 14.9. The van der Waals surface area contributed by atoms with Crippen molar-refractivity contribution in [1.29, 1.82) is 0 Å². The molecule has 0 unspecified atom stereocenters. The molecule has 0 fully saturated rings. The molecule has 10 aromatic rings. The third-order valence-corrected chi connectivity index (χ3v) is 13.1. The van der Waals surface area contributed by atoms with Crippen LogP contribution in [0.25, 0.3) is 77.4 Å². The second kappa shape index (κ2) is 16.5. The number of aromatic nitrogens is 3. The SMILES string of the molecule is C=C/C=C\c1c(-c2cc3cccnc3c3ncccc23)ccc(C/C=C\C(=C/CC)c2nc3ccccc3c3cc4c(cc23)-c2ccccc2C4(c2ccccc2)c2ccccc2)c1N. The van der Waals surface area contributed by atoms with Crippen LogP contribution >= 0.6 is 0 Å². The molecule has 4 heteroatoms. The van der Waals surface area contributed by atoms with Crippen molar-refractivity contribution in [2.45, 2.75) is 25.2 Å². The first-order chi connectivity index (χ1) is 32.1. The number of hydrogen-bond donors (Lipinski definition) is 1. The van der Waals surface area contributed by atoms with Gasteiger partial charge in [0.05, 0.1) is 27.7 Å². The lowest BCUT2D eigenvalue weighted by Crippen LogP contribution is -2.28. The Morgan fingerprint density at radius 2 is 1.32 bits per heavy atom. The van der Waals surface area contributed by atoms with Gasteiger partial charge >= 0.3 is 0 Å². The van der Waals surface area contributed by atoms with Gasteiger partial charge in [-0.25, -0.2) is 4.98 Å². The lowest BCUT2D eigenvalue weighted by molar-refractivity contribution is 0.769. The van der Waals surface area contributed by atoms with Gasteiger partial charge in [-0.1, -0.05) is 177 Å². The van der Waals surface area contributed by atoms with Gasteiger partial charge in [0.1, 0.15) is 0 Å². The van der Waals surface area contributed by atoms with Crippen LogP contribution in [0.1, 0.15) is 52.4 Å². The molecule has 0 bridgehead atoms. The van der Waals surface area contributed by atoms with E-state index in [0.717, 1.165) is 83.7 Å². The van der Waals surface area contributed by atoms with Crippen LogP contribution in [-0.4, -0.2) is 15.0 Å². The van der Waals surface area contributed by atoms with Gasteiger partial charge in [0.15, 0.2) is 0 Å². The number of hydrogen-bond acceptors (Lipinski definition) is 4. The summed E-state index contributed by atoms with van der Waals surface area (Å²) in [6, 6.07) is 59.1. The van der Waals surface area contributed by atoms with Gasteiger partial charge in [-0.2, -0.15) is 0 Å². The van der Waals surface area contributed by atoms with Gasteiger partial charge in [0, 0.05) is 45.2 Å². The second-order valence-electron chi connectivity index (χ2n) is 16.7. The summed E-state index contributed by atoms with van der Waals surface area (Å²) in [6.07, 6.45) is 17.7. The normalized spacial score (nSPS) is 13.3. The largest absolute Gasteiger partial charge is 0.398 e. The fourth-order valence-electron chi connectivity index (χ4n) is 10.3. The summed E-state index contributed by atoms with van der Waals surface area (Å²) in [6.45, 7) is 6.16. The van der Waals surface area contributed by atoms with E-state index in [1.807, 2.05) is 30.6 Å². The molecule has 2 N–H and O–H groups in total. The number of rotatable bonds is 10. The summed E-state index contributed by atoms with van der Waals surface area (Å²) in [5, 5.41) is 5.52. The summed E-state index contributed by atoms with van der Waals surface area (Å²) in [4.78, 5) is 14.9. The molecule has 7 aromatic carbocycles. The van der Waals surface area contributed by atoms with E-state index in [1.165, 1.54) is 38.8 Å².